The van der Waals surface area contributed by atoms with Gasteiger partial charge in [-0.1, -0.05) is 107 Å². The molecule has 3 heterocycles. The lowest BCUT2D eigenvalue weighted by Gasteiger charge is -2.23. The first-order valence-electron chi connectivity index (χ1n) is 18.8. The Kier molecular flexibility index (Phi) is 8.71. The summed E-state index contributed by atoms with van der Waals surface area (Å²) in [6.07, 6.45) is 7.77. The van der Waals surface area contributed by atoms with Crippen LogP contribution in [-0.2, 0) is 21.7 Å². The molecule has 0 saturated heterocycles. The Balaban J connectivity index is 1.31. The third-order valence-electron chi connectivity index (χ3n) is 10.2. The van der Waals surface area contributed by atoms with Crippen molar-refractivity contribution in [3.05, 3.63) is 138 Å². The minimum absolute atomic E-state index is 0.00430. The Bertz CT molecular complexity index is 2470. The van der Waals surface area contributed by atoms with Crippen LogP contribution in [0, 0.1) is 6.33 Å². The highest BCUT2D eigenvalue weighted by molar-refractivity contribution is 6.09. The molecule has 0 spiro atoms. The van der Waals surface area contributed by atoms with Crippen molar-refractivity contribution in [1.29, 1.82) is 0 Å². The van der Waals surface area contributed by atoms with Crippen molar-refractivity contribution in [2.24, 2.45) is 0 Å². The highest BCUT2D eigenvalue weighted by Gasteiger charge is 2.24. The van der Waals surface area contributed by atoms with Crippen molar-refractivity contribution in [1.82, 2.24) is 14.1 Å². The molecule has 0 bridgehead atoms. The molecule has 0 saturated carbocycles. The van der Waals surface area contributed by atoms with E-state index < -0.39 is 0 Å². The summed E-state index contributed by atoms with van der Waals surface area (Å²) < 4.78 is 13.2. The monoisotopic (exact) mass is 702 g/mol. The summed E-state index contributed by atoms with van der Waals surface area (Å²) in [5.41, 5.74) is 9.26. The molecule has 272 valence electrons. The SMILES string of the molecule is CC(C)(C)c1cccc(-[n+]2[c-]n(-c3cccc(Oc4ccc5c6cc(C(C)(C)C)ccc6n(-c6cc(C(C)(C)C)ccn6)c5c4)c3)cc2C(C)(C)C)c1. The maximum atomic E-state index is 6.67. The van der Waals surface area contributed by atoms with Crippen LogP contribution in [0.4, 0.5) is 0 Å². The van der Waals surface area contributed by atoms with Crippen LogP contribution in [0.5, 0.6) is 11.5 Å². The molecule has 7 aromatic rings. The molecule has 0 radical (unpaired) electrons. The maximum Gasteiger partial charge on any atom is 0.269 e. The van der Waals surface area contributed by atoms with Gasteiger partial charge in [0.2, 0.25) is 0 Å². The Morgan fingerprint density at radius 2 is 1.23 bits per heavy atom. The van der Waals surface area contributed by atoms with Crippen LogP contribution in [-0.4, -0.2) is 14.1 Å². The smallest absolute Gasteiger partial charge is 0.269 e. The molecular formula is C48H54N4O. The molecule has 5 nitrogen and oxygen atoms in total. The Hall–Kier alpha value is -5.16. The second-order valence-corrected chi connectivity index (χ2v) is 18.6. The molecule has 0 N–H and O–H groups in total. The van der Waals surface area contributed by atoms with Crippen LogP contribution in [0.2, 0.25) is 0 Å². The molecule has 0 atom stereocenters. The molecule has 0 unspecified atom stereocenters. The molecule has 3 aromatic heterocycles. The van der Waals surface area contributed by atoms with E-state index >= 15 is 0 Å². The number of nitrogens with zero attached hydrogens (tertiary/aromatic N) is 4. The summed E-state index contributed by atoms with van der Waals surface area (Å²) in [6, 6.07) is 34.7. The van der Waals surface area contributed by atoms with Crippen LogP contribution in [0.15, 0.2) is 109 Å². The number of pyridine rings is 1. The predicted molar refractivity (Wildman–Crippen MR) is 220 cm³/mol. The summed E-state index contributed by atoms with van der Waals surface area (Å²) in [5.74, 6) is 2.43. The third-order valence-corrected chi connectivity index (χ3v) is 10.2. The van der Waals surface area contributed by atoms with Crippen LogP contribution in [0.25, 0.3) is 39.0 Å². The Labute approximate surface area is 315 Å². The van der Waals surface area contributed by atoms with Gasteiger partial charge in [0.1, 0.15) is 17.3 Å². The summed E-state index contributed by atoms with van der Waals surface area (Å²) in [7, 11) is 0. The average molecular weight is 703 g/mol. The quantitative estimate of drug-likeness (QED) is 0.132. The second kappa shape index (κ2) is 12.8. The summed E-state index contributed by atoms with van der Waals surface area (Å²) in [5, 5.41) is 2.38. The lowest BCUT2D eigenvalue weighted by molar-refractivity contribution is -0.611. The number of fused-ring (bicyclic) bond motifs is 3. The van der Waals surface area contributed by atoms with Crippen molar-refractivity contribution in [3.8, 4) is 28.7 Å². The normalized spacial score (nSPS) is 12.9. The van der Waals surface area contributed by atoms with E-state index in [2.05, 4.69) is 194 Å². The van der Waals surface area contributed by atoms with Gasteiger partial charge in [-0.05, 0) is 105 Å². The number of ether oxygens (including phenoxy) is 1. The fourth-order valence-electron chi connectivity index (χ4n) is 6.96. The van der Waals surface area contributed by atoms with E-state index in [0.29, 0.717) is 0 Å². The van der Waals surface area contributed by atoms with E-state index in [0.717, 1.165) is 39.7 Å². The van der Waals surface area contributed by atoms with E-state index in [4.69, 9.17) is 9.72 Å². The van der Waals surface area contributed by atoms with Gasteiger partial charge in [0.15, 0.2) is 0 Å². The van der Waals surface area contributed by atoms with Crippen molar-refractivity contribution in [3.63, 3.8) is 0 Å². The fraction of sp³-hybridized carbons (Fsp3) is 0.333. The first-order valence-corrected chi connectivity index (χ1v) is 18.8. The minimum Gasteiger partial charge on any atom is -0.458 e. The van der Waals surface area contributed by atoms with Gasteiger partial charge in [-0.15, -0.1) is 0 Å². The number of benzene rings is 4. The first-order chi connectivity index (χ1) is 24.8. The third kappa shape index (κ3) is 7.14. The minimum atomic E-state index is -0.101. The van der Waals surface area contributed by atoms with Gasteiger partial charge in [0, 0.05) is 29.2 Å². The molecule has 0 aliphatic heterocycles. The number of hydrogen-bond donors (Lipinski definition) is 0. The fourth-order valence-corrected chi connectivity index (χ4v) is 6.96. The zero-order chi connectivity index (χ0) is 38.1. The van der Waals surface area contributed by atoms with Crippen molar-refractivity contribution < 1.29 is 9.30 Å². The van der Waals surface area contributed by atoms with Crippen LogP contribution in [0.1, 0.15) is 105 Å². The summed E-state index contributed by atoms with van der Waals surface area (Å²) >= 11 is 0. The Morgan fingerprint density at radius 3 is 1.92 bits per heavy atom. The molecule has 5 heteroatoms. The van der Waals surface area contributed by atoms with E-state index in [9.17, 15) is 0 Å². The van der Waals surface area contributed by atoms with E-state index in [1.807, 2.05) is 18.3 Å². The van der Waals surface area contributed by atoms with Gasteiger partial charge in [-0.2, -0.15) is 0 Å². The van der Waals surface area contributed by atoms with Crippen LogP contribution in [0.3, 0.4) is 0 Å². The molecule has 53 heavy (non-hydrogen) atoms. The van der Waals surface area contributed by atoms with Crippen molar-refractivity contribution in [2.75, 3.05) is 0 Å². The number of imidazole rings is 1. The van der Waals surface area contributed by atoms with Gasteiger partial charge >= 0.3 is 0 Å². The standard InChI is InChI=1S/C48H54N4O/c1-45(2,3)32-15-13-17-36(25-32)51-31-50(30-43(51)48(10,11)12)35-16-14-18-37(28-35)53-38-20-21-39-40-26-33(46(4,5)6)19-22-41(40)52(42(39)29-38)44-27-34(23-24-49-44)47(7,8)9/h13-30H,1-12H3. The second-order valence-electron chi connectivity index (χ2n) is 18.6. The van der Waals surface area contributed by atoms with Gasteiger partial charge in [-0.25, -0.2) is 4.98 Å². The van der Waals surface area contributed by atoms with E-state index in [1.54, 1.807) is 0 Å². The molecule has 4 aromatic carbocycles. The van der Waals surface area contributed by atoms with Gasteiger partial charge in [-0.3, -0.25) is 13.7 Å². The lowest BCUT2D eigenvalue weighted by Crippen LogP contribution is -2.39. The van der Waals surface area contributed by atoms with Gasteiger partial charge in [0.05, 0.1) is 28.1 Å². The van der Waals surface area contributed by atoms with Gasteiger partial charge < -0.3 is 4.74 Å². The van der Waals surface area contributed by atoms with E-state index in [1.165, 1.54) is 33.2 Å². The first kappa shape index (κ1) is 36.2. The van der Waals surface area contributed by atoms with E-state index in [-0.39, 0.29) is 21.7 Å². The lowest BCUT2D eigenvalue weighted by atomic mass is 9.86. The molecule has 0 fully saturated rings. The predicted octanol–water partition coefficient (Wildman–Crippen LogP) is 12.0. The maximum absolute atomic E-state index is 6.67. The summed E-state index contributed by atoms with van der Waals surface area (Å²) in [4.78, 5) is 4.90. The highest BCUT2D eigenvalue weighted by Crippen LogP contribution is 2.38. The molecule has 0 amide bonds. The summed E-state index contributed by atoms with van der Waals surface area (Å²) in [6.45, 7) is 27.0. The highest BCUT2D eigenvalue weighted by atomic mass is 16.5. The average Bonchev–Trinajstić information content (AvgIpc) is 3.68. The molecule has 0 aliphatic carbocycles. The van der Waals surface area contributed by atoms with Crippen molar-refractivity contribution >= 4 is 21.8 Å². The molecule has 0 aliphatic rings. The molecular weight excluding hydrogens is 649 g/mol. The Morgan fingerprint density at radius 1 is 0.566 bits per heavy atom. The van der Waals surface area contributed by atoms with Crippen LogP contribution < -0.4 is 9.30 Å². The van der Waals surface area contributed by atoms with Gasteiger partial charge in [0.25, 0.3) is 6.33 Å². The van der Waals surface area contributed by atoms with Crippen molar-refractivity contribution in [2.45, 2.75) is 105 Å². The number of hydrogen-bond acceptors (Lipinski definition) is 2. The largest absolute Gasteiger partial charge is 0.458 e. The zero-order valence-electron chi connectivity index (χ0n) is 33.6. The topological polar surface area (TPSA) is 35.9 Å². The number of aromatic nitrogens is 4. The van der Waals surface area contributed by atoms with Crippen LogP contribution >= 0.6 is 0 Å². The number of rotatable bonds is 5. The zero-order valence-corrected chi connectivity index (χ0v) is 33.6. The molecule has 7 rings (SSSR count).